The van der Waals surface area contributed by atoms with Crippen LogP contribution >= 0.6 is 0 Å². The van der Waals surface area contributed by atoms with Gasteiger partial charge in [-0.25, -0.2) is 0 Å². The second kappa shape index (κ2) is 7.53. The van der Waals surface area contributed by atoms with E-state index in [1.54, 1.807) is 0 Å². The van der Waals surface area contributed by atoms with E-state index in [2.05, 4.69) is 61.8 Å². The monoisotopic (exact) mass is 410 g/mol. The topological polar surface area (TPSA) is 24.9 Å². The van der Waals surface area contributed by atoms with Crippen molar-refractivity contribution in [1.82, 2.24) is 4.90 Å². The molecule has 4 fully saturated rings. The zero-order valence-electron chi connectivity index (χ0n) is 19.5. The highest BCUT2D eigenvalue weighted by molar-refractivity contribution is 6.62. The summed E-state index contributed by atoms with van der Waals surface area (Å²) in [7, 11) is -0.269. The lowest BCUT2D eigenvalue weighted by Gasteiger charge is -2.50. The van der Waals surface area contributed by atoms with Crippen LogP contribution in [-0.2, 0) is 9.31 Å². The van der Waals surface area contributed by atoms with Gasteiger partial charge in [-0.2, -0.15) is 0 Å². The average Bonchev–Trinajstić information content (AvgIpc) is 2.91. The Hall–Kier alpha value is -1.04. The summed E-state index contributed by atoms with van der Waals surface area (Å²) in [6.45, 7) is 13.5. The Balaban J connectivity index is 1.16. The third-order valence-electron chi connectivity index (χ3n) is 9.06. The second-order valence-corrected chi connectivity index (χ2v) is 11.3. The molecule has 0 bridgehead atoms. The maximum absolute atomic E-state index is 6.21. The molecule has 3 aliphatic heterocycles. The first-order valence-corrected chi connectivity index (χ1v) is 12.2. The smallest absolute Gasteiger partial charge is 0.399 e. The molecule has 0 amide bonds. The summed E-state index contributed by atoms with van der Waals surface area (Å²) in [5.41, 5.74) is 2.50. The van der Waals surface area contributed by atoms with E-state index in [1.807, 2.05) is 0 Å². The van der Waals surface area contributed by atoms with Crippen molar-refractivity contribution < 1.29 is 9.31 Å². The van der Waals surface area contributed by atoms with Crippen molar-refractivity contribution in [3.05, 3.63) is 24.3 Å². The Morgan fingerprint density at radius 1 is 0.800 bits per heavy atom. The molecule has 3 saturated heterocycles. The summed E-state index contributed by atoms with van der Waals surface area (Å²) in [5, 5.41) is 0. The van der Waals surface area contributed by atoms with Crippen molar-refractivity contribution in [1.29, 1.82) is 0 Å². The van der Waals surface area contributed by atoms with Gasteiger partial charge < -0.3 is 19.1 Å². The van der Waals surface area contributed by atoms with Gasteiger partial charge in [0.1, 0.15) is 0 Å². The van der Waals surface area contributed by atoms with E-state index in [1.165, 1.54) is 76.8 Å². The molecule has 1 spiro atoms. The van der Waals surface area contributed by atoms with Crippen LogP contribution in [0.25, 0.3) is 0 Å². The van der Waals surface area contributed by atoms with Crippen LogP contribution in [0.2, 0.25) is 0 Å². The van der Waals surface area contributed by atoms with Crippen molar-refractivity contribution in [3.63, 3.8) is 0 Å². The minimum Gasteiger partial charge on any atom is -0.399 e. The van der Waals surface area contributed by atoms with E-state index in [9.17, 15) is 0 Å². The van der Waals surface area contributed by atoms with Crippen LogP contribution in [0, 0.1) is 5.41 Å². The van der Waals surface area contributed by atoms with Crippen LogP contribution in [0.4, 0.5) is 5.69 Å². The normalized spacial score (nSPS) is 28.7. The number of rotatable bonds is 3. The summed E-state index contributed by atoms with van der Waals surface area (Å²) in [6, 6.07) is 9.83. The summed E-state index contributed by atoms with van der Waals surface area (Å²) in [5.74, 6) is 0. The van der Waals surface area contributed by atoms with Gasteiger partial charge in [-0.3, -0.25) is 0 Å². The van der Waals surface area contributed by atoms with Gasteiger partial charge in [0.25, 0.3) is 0 Å². The van der Waals surface area contributed by atoms with Gasteiger partial charge in [-0.05, 0) is 102 Å². The van der Waals surface area contributed by atoms with E-state index >= 15 is 0 Å². The number of nitrogens with zero attached hydrogens (tertiary/aromatic N) is 2. The maximum atomic E-state index is 6.21. The molecule has 0 atom stereocenters. The molecular formula is C25H39BN2O2. The molecule has 0 N–H and O–H groups in total. The quantitative estimate of drug-likeness (QED) is 0.697. The summed E-state index contributed by atoms with van der Waals surface area (Å²) >= 11 is 0. The van der Waals surface area contributed by atoms with Gasteiger partial charge >= 0.3 is 7.12 Å². The zero-order chi connectivity index (χ0) is 21.0. The van der Waals surface area contributed by atoms with E-state index in [0.717, 1.165) is 11.5 Å². The van der Waals surface area contributed by atoms with Gasteiger partial charge in [-0.1, -0.05) is 18.6 Å². The molecular weight excluding hydrogens is 371 g/mol. The number of benzene rings is 1. The predicted octanol–water partition coefficient (Wildman–Crippen LogP) is 4.22. The molecule has 1 aliphatic carbocycles. The summed E-state index contributed by atoms with van der Waals surface area (Å²) in [4.78, 5) is 5.37. The van der Waals surface area contributed by atoms with Gasteiger partial charge in [0, 0.05) is 24.8 Å². The van der Waals surface area contributed by atoms with E-state index in [0.29, 0.717) is 5.41 Å². The molecule has 4 nitrogen and oxygen atoms in total. The van der Waals surface area contributed by atoms with Crippen LogP contribution < -0.4 is 10.4 Å². The van der Waals surface area contributed by atoms with Crippen LogP contribution in [0.5, 0.6) is 0 Å². The Bertz CT molecular complexity index is 725. The minimum atomic E-state index is -0.286. The lowest BCUT2D eigenvalue weighted by atomic mass is 9.70. The van der Waals surface area contributed by atoms with E-state index in [4.69, 9.17) is 9.31 Å². The van der Waals surface area contributed by atoms with Gasteiger partial charge in [0.15, 0.2) is 0 Å². The van der Waals surface area contributed by atoms with Crippen molar-refractivity contribution in [3.8, 4) is 0 Å². The Kier molecular flexibility index (Phi) is 5.23. The molecule has 5 rings (SSSR count). The number of likely N-dealkylation sites (tertiary alicyclic amines) is 1. The predicted molar refractivity (Wildman–Crippen MR) is 124 cm³/mol. The molecule has 5 heteroatoms. The number of piperidine rings is 2. The second-order valence-electron chi connectivity index (χ2n) is 11.3. The zero-order valence-corrected chi connectivity index (χ0v) is 19.5. The molecule has 0 aromatic heterocycles. The first kappa shape index (κ1) is 20.8. The minimum absolute atomic E-state index is 0.269. The van der Waals surface area contributed by atoms with Crippen molar-refractivity contribution >= 4 is 18.3 Å². The molecule has 0 unspecified atom stereocenters. The van der Waals surface area contributed by atoms with E-state index in [-0.39, 0.29) is 18.3 Å². The highest BCUT2D eigenvalue weighted by atomic mass is 16.7. The third kappa shape index (κ3) is 3.71. The van der Waals surface area contributed by atoms with Crippen LogP contribution in [-0.4, -0.2) is 55.4 Å². The molecule has 3 heterocycles. The fourth-order valence-electron chi connectivity index (χ4n) is 5.68. The number of hydrogen-bond donors (Lipinski definition) is 0. The van der Waals surface area contributed by atoms with Crippen molar-refractivity contribution in [2.45, 2.75) is 89.9 Å². The number of anilines is 1. The fourth-order valence-corrected chi connectivity index (χ4v) is 5.68. The average molecular weight is 410 g/mol. The Morgan fingerprint density at radius 2 is 1.33 bits per heavy atom. The van der Waals surface area contributed by atoms with Crippen LogP contribution in [0.3, 0.4) is 0 Å². The molecule has 1 saturated carbocycles. The fraction of sp³-hybridized carbons (Fsp3) is 0.760. The van der Waals surface area contributed by atoms with Gasteiger partial charge in [0.2, 0.25) is 0 Å². The number of hydrogen-bond acceptors (Lipinski definition) is 4. The lowest BCUT2D eigenvalue weighted by molar-refractivity contribution is 0.00578. The molecule has 4 aliphatic rings. The first-order chi connectivity index (χ1) is 14.3. The standard InChI is InChI=1S/C25H39BN2O2/c1-23(2)24(3,4)30-26(29-23)20-8-10-22(11-9-20)28-18-14-25(15-19-28)12-16-27(17-13-25)21-6-5-7-21/h8-11,21H,5-7,12-19H2,1-4H3. The highest BCUT2D eigenvalue weighted by Gasteiger charge is 2.51. The summed E-state index contributed by atoms with van der Waals surface area (Å²) < 4.78 is 12.4. The Labute approximate surface area is 183 Å². The van der Waals surface area contributed by atoms with Crippen molar-refractivity contribution in [2.75, 3.05) is 31.1 Å². The molecule has 164 valence electrons. The van der Waals surface area contributed by atoms with Gasteiger partial charge in [0.05, 0.1) is 11.2 Å². The SMILES string of the molecule is CC1(C)OB(c2ccc(N3CCC4(CC3)CCN(C3CCC3)CC4)cc2)OC1(C)C. The molecule has 30 heavy (non-hydrogen) atoms. The van der Waals surface area contributed by atoms with Crippen molar-refractivity contribution in [2.24, 2.45) is 5.41 Å². The molecule has 0 radical (unpaired) electrons. The van der Waals surface area contributed by atoms with Gasteiger partial charge in [-0.15, -0.1) is 0 Å². The third-order valence-corrected chi connectivity index (χ3v) is 9.06. The molecule has 1 aromatic rings. The van der Waals surface area contributed by atoms with Crippen LogP contribution in [0.15, 0.2) is 24.3 Å². The summed E-state index contributed by atoms with van der Waals surface area (Å²) in [6.07, 6.45) is 9.88. The highest BCUT2D eigenvalue weighted by Crippen LogP contribution is 2.43. The van der Waals surface area contributed by atoms with Crippen LogP contribution in [0.1, 0.15) is 72.6 Å². The lowest BCUT2D eigenvalue weighted by Crippen LogP contribution is -2.50. The Morgan fingerprint density at radius 3 is 1.83 bits per heavy atom. The molecule has 1 aromatic carbocycles. The van der Waals surface area contributed by atoms with E-state index < -0.39 is 0 Å². The first-order valence-electron chi connectivity index (χ1n) is 12.2. The largest absolute Gasteiger partial charge is 0.494 e. The maximum Gasteiger partial charge on any atom is 0.494 e.